The Balaban J connectivity index is 0.00000225. The van der Waals surface area contributed by atoms with Crippen molar-refractivity contribution in [2.75, 3.05) is 27.2 Å². The Kier molecular flexibility index (Phi) is 6.67. The molecule has 6 nitrogen and oxygen atoms in total. The maximum atomic E-state index is 12.4. The summed E-state index contributed by atoms with van der Waals surface area (Å²) in [5, 5.41) is 6.38. The van der Waals surface area contributed by atoms with E-state index in [1.807, 2.05) is 4.90 Å². The van der Waals surface area contributed by atoms with Crippen molar-refractivity contribution in [3.63, 3.8) is 0 Å². The van der Waals surface area contributed by atoms with Gasteiger partial charge in [0.25, 0.3) is 0 Å². The molecule has 1 saturated heterocycles. The average Bonchev–Trinajstić information content (AvgIpc) is 3.06. The SMILES string of the molecule is CN(C)C(=O)N1CCC(C(=O)NCc2ccc3c(c2)CNC3)CC1.Cl. The van der Waals surface area contributed by atoms with Gasteiger partial charge in [-0.25, -0.2) is 4.79 Å². The summed E-state index contributed by atoms with van der Waals surface area (Å²) in [6, 6.07) is 6.43. The van der Waals surface area contributed by atoms with Crippen LogP contribution in [0, 0.1) is 5.92 Å². The number of carbonyl (C=O) groups excluding carboxylic acids is 2. The number of nitrogens with zero attached hydrogens (tertiary/aromatic N) is 2. The van der Waals surface area contributed by atoms with Crippen LogP contribution >= 0.6 is 12.4 Å². The molecule has 0 saturated carbocycles. The summed E-state index contributed by atoms with van der Waals surface area (Å²) < 4.78 is 0. The van der Waals surface area contributed by atoms with E-state index in [2.05, 4.69) is 28.8 Å². The van der Waals surface area contributed by atoms with E-state index in [4.69, 9.17) is 0 Å². The van der Waals surface area contributed by atoms with Crippen LogP contribution in [0.1, 0.15) is 29.5 Å². The monoisotopic (exact) mass is 366 g/mol. The second kappa shape index (κ2) is 8.54. The van der Waals surface area contributed by atoms with Crippen LogP contribution in [0.25, 0.3) is 0 Å². The third-order valence-electron chi connectivity index (χ3n) is 4.89. The van der Waals surface area contributed by atoms with Crippen LogP contribution < -0.4 is 10.6 Å². The van der Waals surface area contributed by atoms with Crippen LogP contribution in [0.4, 0.5) is 4.79 Å². The molecule has 0 aromatic heterocycles. The number of benzene rings is 1. The Morgan fingerprint density at radius 3 is 2.56 bits per heavy atom. The van der Waals surface area contributed by atoms with Gasteiger partial charge in [-0.1, -0.05) is 18.2 Å². The van der Waals surface area contributed by atoms with Crippen molar-refractivity contribution in [1.29, 1.82) is 0 Å². The fourth-order valence-electron chi connectivity index (χ4n) is 3.41. The van der Waals surface area contributed by atoms with Gasteiger partial charge < -0.3 is 20.4 Å². The summed E-state index contributed by atoms with van der Waals surface area (Å²) in [6.07, 6.45) is 1.47. The molecule has 1 fully saturated rings. The highest BCUT2D eigenvalue weighted by Gasteiger charge is 2.27. The van der Waals surface area contributed by atoms with Crippen LogP contribution in [0.2, 0.25) is 0 Å². The summed E-state index contributed by atoms with van der Waals surface area (Å²) in [5.41, 5.74) is 3.83. The fourth-order valence-corrected chi connectivity index (χ4v) is 3.41. The van der Waals surface area contributed by atoms with Gasteiger partial charge >= 0.3 is 6.03 Å². The molecule has 3 rings (SSSR count). The predicted molar refractivity (Wildman–Crippen MR) is 99.5 cm³/mol. The van der Waals surface area contributed by atoms with Crippen LogP contribution in [-0.2, 0) is 24.4 Å². The van der Waals surface area contributed by atoms with E-state index in [1.54, 1.807) is 19.0 Å². The number of piperidine rings is 1. The predicted octanol–water partition coefficient (Wildman–Crippen LogP) is 1.72. The van der Waals surface area contributed by atoms with Crippen molar-refractivity contribution < 1.29 is 9.59 Å². The van der Waals surface area contributed by atoms with Crippen LogP contribution in [0.3, 0.4) is 0 Å². The summed E-state index contributed by atoms with van der Waals surface area (Å²) in [7, 11) is 3.51. The molecule has 1 aromatic rings. The van der Waals surface area contributed by atoms with Crippen molar-refractivity contribution in [3.8, 4) is 0 Å². The van der Waals surface area contributed by atoms with E-state index >= 15 is 0 Å². The van der Waals surface area contributed by atoms with Crippen molar-refractivity contribution >= 4 is 24.3 Å². The lowest BCUT2D eigenvalue weighted by molar-refractivity contribution is -0.126. The molecular weight excluding hydrogens is 340 g/mol. The molecule has 3 amide bonds. The number of carbonyl (C=O) groups is 2. The van der Waals surface area contributed by atoms with Gasteiger partial charge in [-0.15, -0.1) is 12.4 Å². The zero-order valence-electron chi connectivity index (χ0n) is 14.9. The van der Waals surface area contributed by atoms with Crippen molar-refractivity contribution in [2.24, 2.45) is 5.92 Å². The lowest BCUT2D eigenvalue weighted by Crippen LogP contribution is -2.46. The molecule has 138 valence electrons. The van der Waals surface area contributed by atoms with Crippen molar-refractivity contribution in [3.05, 3.63) is 34.9 Å². The maximum Gasteiger partial charge on any atom is 0.319 e. The largest absolute Gasteiger partial charge is 0.352 e. The first-order chi connectivity index (χ1) is 11.5. The Hall–Kier alpha value is -1.79. The minimum atomic E-state index is 0. The topological polar surface area (TPSA) is 64.7 Å². The summed E-state index contributed by atoms with van der Waals surface area (Å²) in [6.45, 7) is 3.73. The van der Waals surface area contributed by atoms with Gasteiger partial charge in [0.2, 0.25) is 5.91 Å². The first kappa shape index (κ1) is 19.5. The standard InChI is InChI=1S/C18H26N4O2.ClH/c1-21(2)18(24)22-7-5-14(6-8-22)17(23)20-10-13-3-4-15-11-19-12-16(15)9-13;/h3-4,9,14,19H,5-8,10-12H2,1-2H3,(H,20,23);1H. The van der Waals surface area contributed by atoms with Gasteiger partial charge in [0.1, 0.15) is 0 Å². The number of hydrogen-bond acceptors (Lipinski definition) is 3. The summed E-state index contributed by atoms with van der Waals surface area (Å²) >= 11 is 0. The molecule has 0 unspecified atom stereocenters. The number of rotatable bonds is 3. The zero-order valence-corrected chi connectivity index (χ0v) is 15.7. The molecule has 0 radical (unpaired) electrons. The van der Waals surface area contributed by atoms with E-state index in [1.165, 1.54) is 11.1 Å². The van der Waals surface area contributed by atoms with Crippen molar-refractivity contribution in [2.45, 2.75) is 32.5 Å². The molecule has 1 aromatic carbocycles. The molecular formula is C18H27ClN4O2. The maximum absolute atomic E-state index is 12.4. The van der Waals surface area contributed by atoms with Crippen LogP contribution in [0.15, 0.2) is 18.2 Å². The third kappa shape index (κ3) is 4.64. The highest BCUT2D eigenvalue weighted by atomic mass is 35.5. The first-order valence-electron chi connectivity index (χ1n) is 8.60. The lowest BCUT2D eigenvalue weighted by Gasteiger charge is -2.33. The van der Waals surface area contributed by atoms with E-state index in [9.17, 15) is 9.59 Å². The Morgan fingerprint density at radius 1 is 1.20 bits per heavy atom. The molecule has 2 aliphatic rings. The molecule has 0 aliphatic carbocycles. The number of nitrogens with one attached hydrogen (secondary N) is 2. The Labute approximate surface area is 155 Å². The molecule has 0 spiro atoms. The zero-order chi connectivity index (χ0) is 17.1. The Bertz CT molecular complexity index is 628. The smallest absolute Gasteiger partial charge is 0.319 e. The van der Waals surface area contributed by atoms with Gasteiger partial charge in [0.05, 0.1) is 0 Å². The number of amides is 3. The van der Waals surface area contributed by atoms with Gasteiger partial charge in [0.15, 0.2) is 0 Å². The third-order valence-corrected chi connectivity index (χ3v) is 4.89. The van der Waals surface area contributed by atoms with Crippen LogP contribution in [-0.4, -0.2) is 48.9 Å². The van der Waals surface area contributed by atoms with E-state index < -0.39 is 0 Å². The molecule has 0 bridgehead atoms. The minimum absolute atomic E-state index is 0. The van der Waals surface area contributed by atoms with E-state index in [0.29, 0.717) is 19.6 Å². The highest BCUT2D eigenvalue weighted by Crippen LogP contribution is 2.19. The average molecular weight is 367 g/mol. The van der Waals surface area contributed by atoms with E-state index in [-0.39, 0.29) is 30.3 Å². The molecule has 0 atom stereocenters. The molecule has 2 aliphatic heterocycles. The molecule has 2 N–H and O–H groups in total. The fraction of sp³-hybridized carbons (Fsp3) is 0.556. The van der Waals surface area contributed by atoms with Crippen molar-refractivity contribution in [1.82, 2.24) is 20.4 Å². The number of hydrogen-bond donors (Lipinski definition) is 2. The molecule has 25 heavy (non-hydrogen) atoms. The summed E-state index contributed by atoms with van der Waals surface area (Å²) in [5.74, 6) is 0.109. The Morgan fingerprint density at radius 2 is 1.88 bits per heavy atom. The second-order valence-corrected chi connectivity index (χ2v) is 6.86. The van der Waals surface area contributed by atoms with E-state index in [0.717, 1.165) is 31.5 Å². The van der Waals surface area contributed by atoms with Gasteiger partial charge in [-0.05, 0) is 29.5 Å². The minimum Gasteiger partial charge on any atom is -0.352 e. The van der Waals surface area contributed by atoms with Gasteiger partial charge in [-0.3, -0.25) is 4.79 Å². The summed E-state index contributed by atoms with van der Waals surface area (Å²) in [4.78, 5) is 27.7. The van der Waals surface area contributed by atoms with Gasteiger partial charge in [-0.2, -0.15) is 0 Å². The molecule has 7 heteroatoms. The van der Waals surface area contributed by atoms with Gasteiger partial charge in [0, 0.05) is 52.7 Å². The number of urea groups is 1. The normalized spacial score (nSPS) is 16.8. The second-order valence-electron chi connectivity index (χ2n) is 6.86. The number of fused-ring (bicyclic) bond motifs is 1. The quantitative estimate of drug-likeness (QED) is 0.856. The highest BCUT2D eigenvalue weighted by molar-refractivity contribution is 5.85. The first-order valence-corrected chi connectivity index (χ1v) is 8.60. The molecule has 2 heterocycles. The lowest BCUT2D eigenvalue weighted by atomic mass is 9.96. The number of likely N-dealkylation sites (tertiary alicyclic amines) is 1. The van der Waals surface area contributed by atoms with Crippen LogP contribution in [0.5, 0.6) is 0 Å². The number of halogens is 1.